The molecule has 0 saturated heterocycles. The topological polar surface area (TPSA) is 51.2 Å². The second-order valence-electron chi connectivity index (χ2n) is 5.57. The molecule has 6 heteroatoms. The molecule has 26 heavy (non-hydrogen) atoms. The van der Waals surface area contributed by atoms with Gasteiger partial charge in [0.05, 0.1) is 12.1 Å². The number of hydrogen-bond donors (Lipinski definition) is 1. The molecule has 3 rings (SSSR count). The highest BCUT2D eigenvalue weighted by Gasteiger charge is 2.09. The Morgan fingerprint density at radius 2 is 2.08 bits per heavy atom. The maximum absolute atomic E-state index is 12.1. The van der Waals surface area contributed by atoms with Gasteiger partial charge in [0.1, 0.15) is 17.4 Å². The van der Waals surface area contributed by atoms with Gasteiger partial charge in [0.15, 0.2) is 0 Å². The first kappa shape index (κ1) is 18.2. The van der Waals surface area contributed by atoms with E-state index in [0.29, 0.717) is 13.0 Å². The normalized spacial score (nSPS) is 10.3. The Morgan fingerprint density at radius 3 is 2.81 bits per heavy atom. The van der Waals surface area contributed by atoms with Crippen molar-refractivity contribution >= 4 is 28.6 Å². The maximum Gasteiger partial charge on any atom is 0.226 e. The van der Waals surface area contributed by atoms with Crippen molar-refractivity contribution in [2.75, 3.05) is 13.2 Å². The van der Waals surface area contributed by atoms with Crippen LogP contribution in [0.5, 0.6) is 5.75 Å². The average molecular weight is 383 g/mol. The van der Waals surface area contributed by atoms with Crippen LogP contribution < -0.4 is 10.1 Å². The highest BCUT2D eigenvalue weighted by molar-refractivity contribution is 7.14. The standard InChI is InChI=1S/C20H18N2O2S2/c1-2-10-24-18-5-3-15(4-6-18)7-9-21-19(23)12-17-14-26-20(22-17)16-8-11-25-13-16/h1,3-6,8,11,13-14H,7,9-10,12H2,(H,21,23). The molecule has 3 aromatic rings. The van der Waals surface area contributed by atoms with Gasteiger partial charge in [0.25, 0.3) is 0 Å². The van der Waals surface area contributed by atoms with Crippen molar-refractivity contribution in [1.82, 2.24) is 10.3 Å². The minimum Gasteiger partial charge on any atom is -0.481 e. The summed E-state index contributed by atoms with van der Waals surface area (Å²) in [6.45, 7) is 0.852. The third kappa shape index (κ3) is 5.19. The summed E-state index contributed by atoms with van der Waals surface area (Å²) >= 11 is 3.21. The van der Waals surface area contributed by atoms with Crippen molar-refractivity contribution in [3.63, 3.8) is 0 Å². The number of amides is 1. The molecule has 0 spiro atoms. The van der Waals surface area contributed by atoms with Crippen LogP contribution in [-0.4, -0.2) is 24.0 Å². The first-order chi connectivity index (χ1) is 12.7. The zero-order valence-corrected chi connectivity index (χ0v) is 15.7. The molecule has 0 bridgehead atoms. The zero-order chi connectivity index (χ0) is 18.2. The fourth-order valence-electron chi connectivity index (χ4n) is 2.36. The van der Waals surface area contributed by atoms with E-state index in [0.717, 1.165) is 34.0 Å². The molecule has 0 aliphatic heterocycles. The van der Waals surface area contributed by atoms with Crippen molar-refractivity contribution < 1.29 is 9.53 Å². The molecule has 0 fully saturated rings. The van der Waals surface area contributed by atoms with E-state index in [1.54, 1.807) is 22.7 Å². The Labute approximate surface area is 160 Å². The van der Waals surface area contributed by atoms with E-state index >= 15 is 0 Å². The lowest BCUT2D eigenvalue weighted by Crippen LogP contribution is -2.27. The molecule has 1 aromatic carbocycles. The quantitative estimate of drug-likeness (QED) is 0.603. The monoisotopic (exact) mass is 382 g/mol. The number of carbonyl (C=O) groups is 1. The van der Waals surface area contributed by atoms with Gasteiger partial charge in [0, 0.05) is 22.9 Å². The van der Waals surface area contributed by atoms with Gasteiger partial charge in [-0.25, -0.2) is 4.98 Å². The van der Waals surface area contributed by atoms with E-state index in [4.69, 9.17) is 11.2 Å². The van der Waals surface area contributed by atoms with Crippen molar-refractivity contribution in [1.29, 1.82) is 0 Å². The molecule has 0 saturated carbocycles. The second kappa shape index (κ2) is 9.18. The highest BCUT2D eigenvalue weighted by Crippen LogP contribution is 2.25. The van der Waals surface area contributed by atoms with Gasteiger partial charge >= 0.3 is 0 Å². The van der Waals surface area contributed by atoms with Crippen LogP contribution in [0.25, 0.3) is 10.6 Å². The summed E-state index contributed by atoms with van der Waals surface area (Å²) in [6.07, 6.45) is 6.23. The summed E-state index contributed by atoms with van der Waals surface area (Å²) in [5, 5.41) is 9.93. The molecule has 1 N–H and O–H groups in total. The number of rotatable bonds is 8. The van der Waals surface area contributed by atoms with Crippen LogP contribution in [0, 0.1) is 12.3 Å². The van der Waals surface area contributed by atoms with Gasteiger partial charge in [-0.05, 0) is 35.6 Å². The summed E-state index contributed by atoms with van der Waals surface area (Å²) in [5.74, 6) is 3.17. The minimum atomic E-state index is -0.0128. The molecule has 1 amide bonds. The number of ether oxygens (including phenoxy) is 1. The van der Waals surface area contributed by atoms with Crippen LogP contribution in [0.15, 0.2) is 46.5 Å². The van der Waals surface area contributed by atoms with Crippen molar-refractivity contribution in [3.8, 4) is 28.7 Å². The van der Waals surface area contributed by atoms with E-state index in [2.05, 4.69) is 21.6 Å². The fourth-order valence-corrected chi connectivity index (χ4v) is 3.89. The number of terminal acetylenes is 1. The van der Waals surface area contributed by atoms with Crippen LogP contribution in [-0.2, 0) is 17.6 Å². The first-order valence-corrected chi connectivity index (χ1v) is 9.95. The lowest BCUT2D eigenvalue weighted by molar-refractivity contribution is -0.120. The third-order valence-corrected chi connectivity index (χ3v) is 5.27. The third-order valence-electron chi connectivity index (χ3n) is 3.64. The molecular weight excluding hydrogens is 364 g/mol. The smallest absolute Gasteiger partial charge is 0.226 e. The number of thiazole rings is 1. The molecule has 4 nitrogen and oxygen atoms in total. The number of benzene rings is 1. The van der Waals surface area contributed by atoms with Crippen LogP contribution in [0.3, 0.4) is 0 Å². The summed E-state index contributed by atoms with van der Waals surface area (Å²) in [5.41, 5.74) is 3.05. The van der Waals surface area contributed by atoms with Crippen molar-refractivity contribution in [2.45, 2.75) is 12.8 Å². The number of nitrogens with one attached hydrogen (secondary N) is 1. The molecular formula is C20H18N2O2S2. The number of hydrogen-bond acceptors (Lipinski definition) is 5. The molecule has 2 aromatic heterocycles. The van der Waals surface area contributed by atoms with Crippen LogP contribution >= 0.6 is 22.7 Å². The largest absolute Gasteiger partial charge is 0.481 e. The van der Waals surface area contributed by atoms with Crippen molar-refractivity contribution in [2.24, 2.45) is 0 Å². The molecule has 2 heterocycles. The van der Waals surface area contributed by atoms with Crippen LogP contribution in [0.1, 0.15) is 11.3 Å². The van der Waals surface area contributed by atoms with Crippen LogP contribution in [0.2, 0.25) is 0 Å². The van der Waals surface area contributed by atoms with Crippen LogP contribution in [0.4, 0.5) is 0 Å². The molecule has 0 unspecified atom stereocenters. The lowest BCUT2D eigenvalue weighted by Gasteiger charge is -2.06. The molecule has 0 aliphatic rings. The Hall–Kier alpha value is -2.62. The van der Waals surface area contributed by atoms with Gasteiger partial charge in [-0.15, -0.1) is 17.8 Å². The number of nitrogens with zero attached hydrogens (tertiary/aromatic N) is 1. The van der Waals surface area contributed by atoms with E-state index in [1.165, 1.54) is 0 Å². The predicted octanol–water partition coefficient (Wildman–Crippen LogP) is 3.79. The highest BCUT2D eigenvalue weighted by atomic mass is 32.1. The average Bonchev–Trinajstić information content (AvgIpc) is 3.32. The van der Waals surface area contributed by atoms with Gasteiger partial charge in [-0.3, -0.25) is 4.79 Å². The van der Waals surface area contributed by atoms with E-state index in [9.17, 15) is 4.79 Å². The van der Waals surface area contributed by atoms with E-state index in [1.807, 2.05) is 41.1 Å². The number of aromatic nitrogens is 1. The van der Waals surface area contributed by atoms with Crippen molar-refractivity contribution in [3.05, 3.63) is 57.7 Å². The zero-order valence-electron chi connectivity index (χ0n) is 14.1. The summed E-state index contributed by atoms with van der Waals surface area (Å²) in [6, 6.07) is 9.76. The number of thiophene rings is 1. The predicted molar refractivity (Wildman–Crippen MR) is 107 cm³/mol. The first-order valence-electron chi connectivity index (χ1n) is 8.13. The van der Waals surface area contributed by atoms with E-state index in [-0.39, 0.29) is 12.5 Å². The molecule has 0 atom stereocenters. The number of carbonyl (C=O) groups excluding carboxylic acids is 1. The molecule has 0 radical (unpaired) electrons. The molecule has 132 valence electrons. The lowest BCUT2D eigenvalue weighted by atomic mass is 10.1. The van der Waals surface area contributed by atoms with E-state index < -0.39 is 0 Å². The Morgan fingerprint density at radius 1 is 1.23 bits per heavy atom. The fraction of sp³-hybridized carbons (Fsp3) is 0.200. The summed E-state index contributed by atoms with van der Waals surface area (Å²) in [4.78, 5) is 16.6. The van der Waals surface area contributed by atoms with Gasteiger partial charge in [-0.1, -0.05) is 18.1 Å². The Balaban J connectivity index is 1.42. The minimum absolute atomic E-state index is 0.0128. The Bertz CT molecular complexity index is 877. The molecule has 0 aliphatic carbocycles. The summed E-state index contributed by atoms with van der Waals surface area (Å²) in [7, 11) is 0. The van der Waals surface area contributed by atoms with Gasteiger partial charge < -0.3 is 10.1 Å². The Kier molecular flexibility index (Phi) is 6.42. The SMILES string of the molecule is C#CCOc1ccc(CCNC(=O)Cc2csc(-c3ccsc3)n2)cc1. The second-order valence-corrected chi connectivity index (χ2v) is 7.21. The summed E-state index contributed by atoms with van der Waals surface area (Å²) < 4.78 is 5.34. The van der Waals surface area contributed by atoms with Gasteiger partial charge in [0.2, 0.25) is 5.91 Å². The van der Waals surface area contributed by atoms with Gasteiger partial charge in [-0.2, -0.15) is 11.3 Å². The maximum atomic E-state index is 12.1.